The Labute approximate surface area is 147 Å². The summed E-state index contributed by atoms with van der Waals surface area (Å²) in [7, 11) is -1.80. The molecule has 7 nitrogen and oxygen atoms in total. The number of hydrogen-bond acceptors (Lipinski definition) is 5. The molecule has 0 amide bonds. The summed E-state index contributed by atoms with van der Waals surface area (Å²) >= 11 is 0. The van der Waals surface area contributed by atoms with Gasteiger partial charge in [0.05, 0.1) is 24.6 Å². The van der Waals surface area contributed by atoms with E-state index in [0.717, 1.165) is 12.1 Å². The molecule has 0 bridgehead atoms. The monoisotopic (exact) mass is 362 g/mol. The Morgan fingerprint density at radius 2 is 2.12 bits per heavy atom. The Balaban J connectivity index is 1.44. The topological polar surface area (TPSA) is 76.5 Å². The molecular formula is C17H22N4O3S. The SMILES string of the molecule is Cn1cnc(S(=O)(=O)N2CC[C@]3(C[C@@H](Nc4ccccc4)CO3)C2)c1. The predicted octanol–water partition coefficient (Wildman–Crippen LogP) is 1.45. The zero-order valence-corrected chi connectivity index (χ0v) is 14.9. The number of imidazole rings is 1. The highest BCUT2D eigenvalue weighted by molar-refractivity contribution is 7.89. The van der Waals surface area contributed by atoms with Crippen molar-refractivity contribution in [3.8, 4) is 0 Å². The average Bonchev–Trinajstić information content (AvgIpc) is 3.31. The van der Waals surface area contributed by atoms with E-state index in [1.165, 1.54) is 16.8 Å². The molecule has 0 saturated carbocycles. The van der Waals surface area contributed by atoms with Crippen LogP contribution in [0.25, 0.3) is 0 Å². The second-order valence-electron chi connectivity index (χ2n) is 6.87. The number of aryl methyl sites for hydroxylation is 1. The Morgan fingerprint density at radius 1 is 1.32 bits per heavy atom. The standard InChI is InChI=1S/C17H22N4O3S/c1-20-10-16(18-13-20)25(22,23)21-8-7-17(12-21)9-15(11-24-17)19-14-5-3-2-4-6-14/h2-6,10,13,15,19H,7-9,11-12H2,1H3/t15-,17+/m1/s1. The van der Waals surface area contributed by atoms with Crippen molar-refractivity contribution in [1.82, 2.24) is 13.9 Å². The third kappa shape index (κ3) is 3.17. The number of aromatic nitrogens is 2. The van der Waals surface area contributed by atoms with Crippen LogP contribution in [0.4, 0.5) is 5.69 Å². The van der Waals surface area contributed by atoms with Gasteiger partial charge in [-0.15, -0.1) is 0 Å². The summed E-state index contributed by atoms with van der Waals surface area (Å²) in [5.74, 6) is 0. The normalized spacial score (nSPS) is 27.2. The first-order chi connectivity index (χ1) is 12.0. The molecule has 2 aliphatic rings. The number of anilines is 1. The van der Waals surface area contributed by atoms with Gasteiger partial charge in [-0.25, -0.2) is 13.4 Å². The lowest BCUT2D eigenvalue weighted by atomic mass is 9.97. The summed E-state index contributed by atoms with van der Waals surface area (Å²) in [5.41, 5.74) is 0.665. The largest absolute Gasteiger partial charge is 0.380 e. The average molecular weight is 362 g/mol. The van der Waals surface area contributed by atoms with Crippen molar-refractivity contribution < 1.29 is 13.2 Å². The molecule has 0 unspecified atom stereocenters. The van der Waals surface area contributed by atoms with Gasteiger partial charge in [-0.1, -0.05) is 18.2 Å². The smallest absolute Gasteiger partial charge is 0.262 e. The van der Waals surface area contributed by atoms with Crippen molar-refractivity contribution in [2.24, 2.45) is 7.05 Å². The van der Waals surface area contributed by atoms with Gasteiger partial charge in [-0.05, 0) is 18.6 Å². The Morgan fingerprint density at radius 3 is 2.84 bits per heavy atom. The summed E-state index contributed by atoms with van der Waals surface area (Å²) in [6.07, 6.45) is 4.56. The third-order valence-electron chi connectivity index (χ3n) is 4.92. The van der Waals surface area contributed by atoms with Crippen molar-refractivity contribution in [2.45, 2.75) is 29.5 Å². The second-order valence-corrected chi connectivity index (χ2v) is 8.76. The van der Waals surface area contributed by atoms with Gasteiger partial charge in [-0.3, -0.25) is 0 Å². The zero-order chi connectivity index (χ0) is 17.5. The van der Waals surface area contributed by atoms with Gasteiger partial charge in [0.25, 0.3) is 10.0 Å². The van der Waals surface area contributed by atoms with Crippen LogP contribution in [0.5, 0.6) is 0 Å². The van der Waals surface area contributed by atoms with E-state index < -0.39 is 15.6 Å². The molecule has 3 heterocycles. The fourth-order valence-corrected chi connectivity index (χ4v) is 5.14. The minimum atomic E-state index is -3.56. The van der Waals surface area contributed by atoms with Crippen molar-refractivity contribution in [3.63, 3.8) is 0 Å². The first-order valence-electron chi connectivity index (χ1n) is 8.41. The molecule has 8 heteroatoms. The molecule has 2 fully saturated rings. The van der Waals surface area contributed by atoms with Crippen LogP contribution in [0.1, 0.15) is 12.8 Å². The highest BCUT2D eigenvalue weighted by Gasteiger charge is 2.49. The maximum Gasteiger partial charge on any atom is 0.262 e. The van der Waals surface area contributed by atoms with Crippen LogP contribution in [0.2, 0.25) is 0 Å². The highest BCUT2D eigenvalue weighted by atomic mass is 32.2. The number of rotatable bonds is 4. The number of benzene rings is 1. The Hall–Kier alpha value is -1.90. The molecular weight excluding hydrogens is 340 g/mol. The second kappa shape index (κ2) is 6.12. The lowest BCUT2D eigenvalue weighted by molar-refractivity contribution is 0.0173. The van der Waals surface area contributed by atoms with Gasteiger partial charge in [-0.2, -0.15) is 4.31 Å². The maximum atomic E-state index is 12.7. The fourth-order valence-electron chi connectivity index (χ4n) is 3.66. The Kier molecular flexibility index (Phi) is 4.05. The Bertz CT molecular complexity index is 852. The molecule has 2 aromatic rings. The van der Waals surface area contributed by atoms with Gasteiger partial charge in [0.15, 0.2) is 5.03 Å². The first-order valence-corrected chi connectivity index (χ1v) is 9.85. The predicted molar refractivity (Wildman–Crippen MR) is 93.7 cm³/mol. The number of nitrogens with zero attached hydrogens (tertiary/aromatic N) is 3. The fraction of sp³-hybridized carbons (Fsp3) is 0.471. The van der Waals surface area contributed by atoms with E-state index >= 15 is 0 Å². The number of hydrogen-bond donors (Lipinski definition) is 1. The van der Waals surface area contributed by atoms with Crippen molar-refractivity contribution >= 4 is 15.7 Å². The van der Waals surface area contributed by atoms with Crippen LogP contribution in [0.15, 0.2) is 47.9 Å². The lowest BCUT2D eigenvalue weighted by Gasteiger charge is -2.23. The summed E-state index contributed by atoms with van der Waals surface area (Å²) in [6, 6.07) is 10.2. The van der Waals surface area contributed by atoms with Crippen LogP contribution >= 0.6 is 0 Å². The molecule has 25 heavy (non-hydrogen) atoms. The summed E-state index contributed by atoms with van der Waals surface area (Å²) in [6.45, 7) is 1.45. The molecule has 1 aromatic heterocycles. The third-order valence-corrected chi connectivity index (χ3v) is 6.65. The number of para-hydroxylation sites is 1. The summed E-state index contributed by atoms with van der Waals surface area (Å²) in [5, 5.41) is 3.57. The van der Waals surface area contributed by atoms with Gasteiger partial charge < -0.3 is 14.6 Å². The minimum absolute atomic E-state index is 0.101. The molecule has 2 aliphatic heterocycles. The van der Waals surface area contributed by atoms with Gasteiger partial charge in [0.2, 0.25) is 0 Å². The molecule has 134 valence electrons. The number of nitrogens with one attached hydrogen (secondary N) is 1. The van der Waals surface area contributed by atoms with Gasteiger partial charge >= 0.3 is 0 Å². The van der Waals surface area contributed by atoms with E-state index in [2.05, 4.69) is 10.3 Å². The van der Waals surface area contributed by atoms with Gasteiger partial charge in [0.1, 0.15) is 0 Å². The molecule has 0 radical (unpaired) electrons. The van der Waals surface area contributed by atoms with E-state index in [4.69, 9.17) is 4.74 Å². The molecule has 0 aliphatic carbocycles. The molecule has 1 aromatic carbocycles. The van der Waals surface area contributed by atoms with Crippen molar-refractivity contribution in [3.05, 3.63) is 42.9 Å². The summed E-state index contributed by atoms with van der Waals surface area (Å²) < 4.78 is 34.7. The molecule has 1 spiro atoms. The lowest BCUT2D eigenvalue weighted by Crippen LogP contribution is -2.36. The van der Waals surface area contributed by atoms with Crippen molar-refractivity contribution in [2.75, 3.05) is 25.0 Å². The quantitative estimate of drug-likeness (QED) is 0.891. The van der Waals surface area contributed by atoms with Crippen LogP contribution in [0, 0.1) is 0 Å². The first kappa shape index (κ1) is 16.6. The van der Waals surface area contributed by atoms with Crippen LogP contribution in [-0.4, -0.2) is 53.6 Å². The van der Waals surface area contributed by atoms with E-state index in [1.54, 1.807) is 11.6 Å². The van der Waals surface area contributed by atoms with Crippen LogP contribution < -0.4 is 5.32 Å². The zero-order valence-electron chi connectivity index (χ0n) is 14.1. The maximum absolute atomic E-state index is 12.7. The molecule has 1 N–H and O–H groups in total. The van der Waals surface area contributed by atoms with Crippen molar-refractivity contribution in [1.29, 1.82) is 0 Å². The molecule has 2 saturated heterocycles. The van der Waals surface area contributed by atoms with Gasteiger partial charge in [0, 0.05) is 38.4 Å². The molecule has 2 atom stereocenters. The highest BCUT2D eigenvalue weighted by Crippen LogP contribution is 2.38. The minimum Gasteiger partial charge on any atom is -0.380 e. The van der Waals surface area contributed by atoms with E-state index in [0.29, 0.717) is 26.1 Å². The van der Waals surface area contributed by atoms with E-state index in [-0.39, 0.29) is 11.1 Å². The number of sulfonamides is 1. The van der Waals surface area contributed by atoms with Crippen LogP contribution in [0.3, 0.4) is 0 Å². The molecule has 4 rings (SSSR count). The summed E-state index contributed by atoms with van der Waals surface area (Å²) in [4.78, 5) is 4.00. The van der Waals surface area contributed by atoms with E-state index in [9.17, 15) is 8.42 Å². The van der Waals surface area contributed by atoms with Crippen LogP contribution in [-0.2, 0) is 21.8 Å². The van der Waals surface area contributed by atoms with E-state index in [1.807, 2.05) is 30.3 Å². The number of ether oxygens (including phenoxy) is 1.